The Bertz CT molecular complexity index is 911. The molecule has 1 amide bonds. The molecule has 21 heavy (non-hydrogen) atoms. The molecule has 0 aliphatic carbocycles. The smallest absolute Gasteiger partial charge is 0.318 e. The van der Waals surface area contributed by atoms with E-state index in [1.807, 2.05) is 29.7 Å². The van der Waals surface area contributed by atoms with Gasteiger partial charge in [0.15, 0.2) is 4.80 Å². The molecule has 104 valence electrons. The van der Waals surface area contributed by atoms with Crippen molar-refractivity contribution in [2.75, 3.05) is 0 Å². The third-order valence-electron chi connectivity index (χ3n) is 2.93. The number of hydrogen-bond donors (Lipinski definition) is 0. The second kappa shape index (κ2) is 5.38. The average Bonchev–Trinajstić information content (AvgIpc) is 3.08. The zero-order chi connectivity index (χ0) is 14.8. The van der Waals surface area contributed by atoms with Crippen molar-refractivity contribution >= 4 is 27.5 Å². The number of aromatic nitrogens is 2. The van der Waals surface area contributed by atoms with Crippen LogP contribution in [-0.2, 0) is 6.54 Å². The van der Waals surface area contributed by atoms with Crippen LogP contribution < -0.4 is 4.80 Å². The number of amides is 1. The summed E-state index contributed by atoms with van der Waals surface area (Å²) >= 11 is 1.42. The van der Waals surface area contributed by atoms with E-state index in [1.54, 1.807) is 0 Å². The SMILES string of the molecule is C#CCn1c(=NC(=O)c2ccno2)sc2cc(C)ccc21. The minimum absolute atomic E-state index is 0.107. The first kappa shape index (κ1) is 13.3. The van der Waals surface area contributed by atoms with Crippen LogP contribution in [0.3, 0.4) is 0 Å². The number of benzene rings is 1. The van der Waals surface area contributed by atoms with E-state index < -0.39 is 5.91 Å². The Morgan fingerprint density at radius 2 is 2.38 bits per heavy atom. The van der Waals surface area contributed by atoms with E-state index in [-0.39, 0.29) is 5.76 Å². The molecule has 1 aromatic carbocycles. The summed E-state index contributed by atoms with van der Waals surface area (Å²) in [5.41, 5.74) is 2.11. The lowest BCUT2D eigenvalue weighted by Crippen LogP contribution is -2.16. The van der Waals surface area contributed by atoms with Gasteiger partial charge in [0, 0.05) is 6.07 Å². The topological polar surface area (TPSA) is 60.4 Å². The standard InChI is InChI=1S/C15H11N3O2S/c1-3-8-18-11-5-4-10(2)9-13(11)21-15(18)17-14(19)12-6-7-16-20-12/h1,4-7,9H,8H2,2H3. The Kier molecular flexibility index (Phi) is 3.42. The second-order valence-electron chi connectivity index (χ2n) is 4.44. The van der Waals surface area contributed by atoms with E-state index >= 15 is 0 Å². The number of carbonyl (C=O) groups excluding carboxylic acids is 1. The van der Waals surface area contributed by atoms with Gasteiger partial charge < -0.3 is 9.09 Å². The normalized spacial score (nSPS) is 11.7. The Morgan fingerprint density at radius 3 is 3.10 bits per heavy atom. The molecule has 3 rings (SSSR count). The Balaban J connectivity index is 2.19. The van der Waals surface area contributed by atoms with Crippen molar-refractivity contribution in [3.8, 4) is 12.3 Å². The van der Waals surface area contributed by atoms with E-state index in [1.165, 1.54) is 23.6 Å². The monoisotopic (exact) mass is 297 g/mol. The van der Waals surface area contributed by atoms with Gasteiger partial charge in [0.25, 0.3) is 0 Å². The molecule has 0 aliphatic rings. The zero-order valence-electron chi connectivity index (χ0n) is 11.2. The van der Waals surface area contributed by atoms with Crippen LogP contribution in [0.1, 0.15) is 16.1 Å². The van der Waals surface area contributed by atoms with Crippen molar-refractivity contribution in [3.63, 3.8) is 0 Å². The number of carbonyl (C=O) groups is 1. The molecule has 5 nitrogen and oxygen atoms in total. The molecule has 3 aromatic rings. The number of aryl methyl sites for hydroxylation is 1. The summed E-state index contributed by atoms with van der Waals surface area (Å²) in [6.45, 7) is 2.37. The van der Waals surface area contributed by atoms with Crippen LogP contribution in [0, 0.1) is 19.3 Å². The number of thiazole rings is 1. The maximum atomic E-state index is 12.0. The Labute approximate surface area is 124 Å². The van der Waals surface area contributed by atoms with Gasteiger partial charge in [-0.2, -0.15) is 4.99 Å². The number of rotatable bonds is 2. The summed E-state index contributed by atoms with van der Waals surface area (Å²) in [6.07, 6.45) is 6.82. The van der Waals surface area contributed by atoms with Gasteiger partial charge in [-0.15, -0.1) is 6.42 Å². The minimum Gasteiger partial charge on any atom is -0.351 e. The van der Waals surface area contributed by atoms with E-state index in [4.69, 9.17) is 10.9 Å². The van der Waals surface area contributed by atoms with Crippen LogP contribution in [0.2, 0.25) is 0 Å². The summed E-state index contributed by atoms with van der Waals surface area (Å²) in [4.78, 5) is 16.7. The van der Waals surface area contributed by atoms with E-state index in [2.05, 4.69) is 16.1 Å². The molecule has 0 bridgehead atoms. The highest BCUT2D eigenvalue weighted by Gasteiger charge is 2.11. The largest absolute Gasteiger partial charge is 0.351 e. The van der Waals surface area contributed by atoms with Crippen LogP contribution in [0.25, 0.3) is 10.2 Å². The lowest BCUT2D eigenvalue weighted by atomic mass is 10.2. The Hall–Kier alpha value is -2.65. The van der Waals surface area contributed by atoms with Crippen molar-refractivity contribution in [3.05, 3.63) is 46.6 Å². The third-order valence-corrected chi connectivity index (χ3v) is 3.97. The van der Waals surface area contributed by atoms with Gasteiger partial charge >= 0.3 is 5.91 Å². The highest BCUT2D eigenvalue weighted by molar-refractivity contribution is 7.16. The summed E-state index contributed by atoms with van der Waals surface area (Å²) in [5.74, 6) is 2.22. The molecule has 0 spiro atoms. The number of fused-ring (bicyclic) bond motifs is 1. The summed E-state index contributed by atoms with van der Waals surface area (Å²) in [6, 6.07) is 7.51. The van der Waals surface area contributed by atoms with Crippen LogP contribution in [0.15, 0.2) is 40.0 Å². The quantitative estimate of drug-likeness (QED) is 0.682. The van der Waals surface area contributed by atoms with Gasteiger partial charge in [0.2, 0.25) is 5.76 Å². The number of hydrogen-bond acceptors (Lipinski definition) is 4. The lowest BCUT2D eigenvalue weighted by molar-refractivity contribution is 0.0962. The van der Waals surface area contributed by atoms with E-state index in [0.717, 1.165) is 15.8 Å². The van der Waals surface area contributed by atoms with Crippen LogP contribution in [0.5, 0.6) is 0 Å². The predicted molar refractivity (Wildman–Crippen MR) is 79.8 cm³/mol. The lowest BCUT2D eigenvalue weighted by Gasteiger charge is -1.99. The third kappa shape index (κ3) is 2.51. The van der Waals surface area contributed by atoms with Gasteiger partial charge in [-0.3, -0.25) is 4.79 Å². The molecular formula is C15H11N3O2S. The molecule has 0 atom stereocenters. The molecular weight excluding hydrogens is 286 g/mol. The second-order valence-corrected chi connectivity index (χ2v) is 5.45. The minimum atomic E-state index is -0.471. The maximum Gasteiger partial charge on any atom is 0.318 e. The van der Waals surface area contributed by atoms with Crippen molar-refractivity contribution in [1.82, 2.24) is 9.72 Å². The molecule has 0 saturated heterocycles. The zero-order valence-corrected chi connectivity index (χ0v) is 12.1. The van der Waals surface area contributed by atoms with Crippen molar-refractivity contribution in [2.45, 2.75) is 13.5 Å². The Morgan fingerprint density at radius 1 is 1.52 bits per heavy atom. The molecule has 0 saturated carbocycles. The predicted octanol–water partition coefficient (Wildman–Crippen LogP) is 2.37. The van der Waals surface area contributed by atoms with Gasteiger partial charge in [-0.1, -0.05) is 28.5 Å². The van der Waals surface area contributed by atoms with Gasteiger partial charge in [-0.25, -0.2) is 0 Å². The molecule has 0 fully saturated rings. The molecule has 2 heterocycles. The molecule has 2 aromatic heterocycles. The van der Waals surface area contributed by atoms with Gasteiger partial charge in [0.05, 0.1) is 23.0 Å². The summed E-state index contributed by atoms with van der Waals surface area (Å²) in [5, 5.41) is 3.51. The fourth-order valence-electron chi connectivity index (χ4n) is 1.98. The first-order valence-corrected chi connectivity index (χ1v) is 7.04. The van der Waals surface area contributed by atoms with Crippen LogP contribution in [-0.4, -0.2) is 15.6 Å². The van der Waals surface area contributed by atoms with Crippen LogP contribution in [0.4, 0.5) is 0 Å². The molecule has 0 radical (unpaired) electrons. The van der Waals surface area contributed by atoms with Crippen molar-refractivity contribution in [2.24, 2.45) is 4.99 Å². The van der Waals surface area contributed by atoms with Gasteiger partial charge in [0.1, 0.15) is 0 Å². The van der Waals surface area contributed by atoms with Crippen LogP contribution >= 0.6 is 11.3 Å². The van der Waals surface area contributed by atoms with Gasteiger partial charge in [-0.05, 0) is 24.6 Å². The van der Waals surface area contributed by atoms with E-state index in [9.17, 15) is 4.79 Å². The molecule has 0 aliphatic heterocycles. The molecule has 6 heteroatoms. The van der Waals surface area contributed by atoms with Crippen molar-refractivity contribution in [1.29, 1.82) is 0 Å². The maximum absolute atomic E-state index is 12.0. The molecule has 0 N–H and O–H groups in total. The fraction of sp³-hybridized carbons (Fsp3) is 0.133. The number of nitrogens with zero attached hydrogens (tertiary/aromatic N) is 3. The highest BCUT2D eigenvalue weighted by Crippen LogP contribution is 2.19. The fourth-order valence-corrected chi connectivity index (χ4v) is 3.10. The first-order valence-electron chi connectivity index (χ1n) is 6.22. The summed E-state index contributed by atoms with van der Waals surface area (Å²) in [7, 11) is 0. The van der Waals surface area contributed by atoms with Crippen molar-refractivity contribution < 1.29 is 9.32 Å². The number of terminal acetylenes is 1. The van der Waals surface area contributed by atoms with E-state index in [0.29, 0.717) is 11.3 Å². The molecule has 0 unspecified atom stereocenters. The average molecular weight is 297 g/mol. The summed E-state index contributed by atoms with van der Waals surface area (Å²) < 4.78 is 7.70. The first-order chi connectivity index (χ1) is 10.2. The highest BCUT2D eigenvalue weighted by atomic mass is 32.1.